The minimum Gasteiger partial charge on any atom is -0.508 e. The fourth-order valence-corrected chi connectivity index (χ4v) is 2.44. The third-order valence-electron chi connectivity index (χ3n) is 4.11. The maximum Gasteiger partial charge on any atom is 0.118 e. The lowest BCUT2D eigenvalue weighted by Gasteiger charge is -2.25. The standard InChI is InChI=1S/C15H16.C7H8O/c1-15(2,13-9-5-3-6-10-13)14-11-7-4-8-12-14;1-6-4-2-3-5-7(6)8/h3-12H,1-2H3;2-5,8H,1H3. The smallest absolute Gasteiger partial charge is 0.118 e. The van der Waals surface area contributed by atoms with E-state index in [1.807, 2.05) is 25.1 Å². The molecule has 1 heteroatoms. The fraction of sp³-hybridized carbons (Fsp3) is 0.182. The number of hydrogen-bond acceptors (Lipinski definition) is 1. The van der Waals surface area contributed by atoms with Crippen LogP contribution in [0.4, 0.5) is 0 Å². The van der Waals surface area contributed by atoms with Gasteiger partial charge >= 0.3 is 0 Å². The van der Waals surface area contributed by atoms with Crippen LogP contribution in [-0.4, -0.2) is 5.11 Å². The highest BCUT2D eigenvalue weighted by molar-refractivity contribution is 5.37. The first-order valence-corrected chi connectivity index (χ1v) is 7.87. The molecule has 23 heavy (non-hydrogen) atoms. The van der Waals surface area contributed by atoms with Gasteiger partial charge in [-0.2, -0.15) is 0 Å². The number of phenolic OH excluding ortho intramolecular Hbond substituents is 1. The Kier molecular flexibility index (Phi) is 5.59. The van der Waals surface area contributed by atoms with Crippen molar-refractivity contribution in [1.29, 1.82) is 0 Å². The lowest BCUT2D eigenvalue weighted by molar-refractivity contribution is 0.471. The Hall–Kier alpha value is -2.54. The van der Waals surface area contributed by atoms with E-state index in [-0.39, 0.29) is 5.41 Å². The average Bonchev–Trinajstić information content (AvgIpc) is 2.60. The van der Waals surface area contributed by atoms with Crippen LogP contribution >= 0.6 is 0 Å². The number of aryl methyl sites for hydroxylation is 1. The number of para-hydroxylation sites is 1. The number of rotatable bonds is 2. The Morgan fingerprint density at radius 1 is 0.609 bits per heavy atom. The summed E-state index contributed by atoms with van der Waals surface area (Å²) >= 11 is 0. The SMILES string of the molecule is CC(C)(c1ccccc1)c1ccccc1.Cc1ccccc1O. The molecule has 0 aliphatic carbocycles. The maximum atomic E-state index is 8.92. The number of benzene rings is 3. The maximum absolute atomic E-state index is 8.92. The molecule has 0 spiro atoms. The first-order chi connectivity index (χ1) is 11.0. The van der Waals surface area contributed by atoms with Gasteiger partial charge in [-0.05, 0) is 29.7 Å². The molecule has 118 valence electrons. The van der Waals surface area contributed by atoms with Crippen molar-refractivity contribution in [3.8, 4) is 5.75 Å². The summed E-state index contributed by atoms with van der Waals surface area (Å²) in [6.45, 7) is 6.39. The van der Waals surface area contributed by atoms with Crippen molar-refractivity contribution in [2.24, 2.45) is 0 Å². The Morgan fingerprint density at radius 2 is 1.00 bits per heavy atom. The van der Waals surface area contributed by atoms with Crippen molar-refractivity contribution in [3.05, 3.63) is 102 Å². The average molecular weight is 304 g/mol. The van der Waals surface area contributed by atoms with Crippen LogP contribution in [0.5, 0.6) is 5.75 Å². The molecule has 3 rings (SSSR count). The molecular formula is C22H24O. The predicted octanol–water partition coefficient (Wildman–Crippen LogP) is 5.71. The van der Waals surface area contributed by atoms with Gasteiger partial charge in [0.25, 0.3) is 0 Å². The molecule has 1 N–H and O–H groups in total. The zero-order valence-electron chi connectivity index (χ0n) is 14.0. The van der Waals surface area contributed by atoms with E-state index in [0.717, 1.165) is 5.56 Å². The Labute approximate surface area is 139 Å². The Bertz CT molecular complexity index is 653. The van der Waals surface area contributed by atoms with Gasteiger partial charge in [0.15, 0.2) is 0 Å². The van der Waals surface area contributed by atoms with Crippen LogP contribution in [-0.2, 0) is 5.41 Å². The van der Waals surface area contributed by atoms with Crippen LogP contribution in [0.15, 0.2) is 84.9 Å². The fourth-order valence-electron chi connectivity index (χ4n) is 2.44. The van der Waals surface area contributed by atoms with Gasteiger partial charge in [0, 0.05) is 5.41 Å². The molecule has 0 aromatic heterocycles. The van der Waals surface area contributed by atoms with Crippen LogP contribution < -0.4 is 0 Å². The van der Waals surface area contributed by atoms with Crippen LogP contribution in [0, 0.1) is 6.92 Å². The van der Waals surface area contributed by atoms with Crippen LogP contribution in [0.2, 0.25) is 0 Å². The Morgan fingerprint density at radius 3 is 1.35 bits per heavy atom. The third-order valence-corrected chi connectivity index (χ3v) is 4.11. The number of aromatic hydroxyl groups is 1. The third kappa shape index (κ3) is 4.46. The predicted molar refractivity (Wildman–Crippen MR) is 97.9 cm³/mol. The molecule has 0 amide bonds. The van der Waals surface area contributed by atoms with Gasteiger partial charge in [0.05, 0.1) is 0 Å². The molecule has 0 radical (unpaired) electrons. The molecule has 1 nitrogen and oxygen atoms in total. The van der Waals surface area contributed by atoms with Crippen molar-refractivity contribution in [2.45, 2.75) is 26.2 Å². The van der Waals surface area contributed by atoms with E-state index in [1.165, 1.54) is 11.1 Å². The number of phenols is 1. The second-order valence-electron chi connectivity index (χ2n) is 6.14. The molecule has 3 aromatic carbocycles. The normalized spacial score (nSPS) is 10.6. The van der Waals surface area contributed by atoms with Crippen LogP contribution in [0.25, 0.3) is 0 Å². The summed E-state index contributed by atoms with van der Waals surface area (Å²) in [7, 11) is 0. The van der Waals surface area contributed by atoms with E-state index >= 15 is 0 Å². The topological polar surface area (TPSA) is 20.2 Å². The van der Waals surface area contributed by atoms with Gasteiger partial charge in [-0.3, -0.25) is 0 Å². The summed E-state index contributed by atoms with van der Waals surface area (Å²) < 4.78 is 0. The van der Waals surface area contributed by atoms with Gasteiger partial charge in [0.1, 0.15) is 5.75 Å². The van der Waals surface area contributed by atoms with E-state index in [9.17, 15) is 0 Å². The van der Waals surface area contributed by atoms with Gasteiger partial charge < -0.3 is 5.11 Å². The second-order valence-corrected chi connectivity index (χ2v) is 6.14. The summed E-state index contributed by atoms with van der Waals surface area (Å²) in [4.78, 5) is 0. The van der Waals surface area contributed by atoms with Gasteiger partial charge in [-0.25, -0.2) is 0 Å². The van der Waals surface area contributed by atoms with E-state index in [1.54, 1.807) is 6.07 Å². The van der Waals surface area contributed by atoms with E-state index in [0.29, 0.717) is 5.75 Å². The molecule has 0 unspecified atom stereocenters. The van der Waals surface area contributed by atoms with Crippen molar-refractivity contribution in [3.63, 3.8) is 0 Å². The number of hydrogen-bond donors (Lipinski definition) is 1. The molecule has 0 saturated heterocycles. The molecule has 0 bridgehead atoms. The van der Waals surface area contributed by atoms with Crippen molar-refractivity contribution >= 4 is 0 Å². The highest BCUT2D eigenvalue weighted by Crippen LogP contribution is 2.30. The molecular weight excluding hydrogens is 280 g/mol. The molecule has 0 heterocycles. The van der Waals surface area contributed by atoms with Gasteiger partial charge in [-0.1, -0.05) is 92.7 Å². The van der Waals surface area contributed by atoms with E-state index in [4.69, 9.17) is 5.11 Å². The van der Waals surface area contributed by atoms with E-state index in [2.05, 4.69) is 74.5 Å². The summed E-state index contributed by atoms with van der Waals surface area (Å²) in [5, 5.41) is 8.92. The van der Waals surface area contributed by atoms with Crippen LogP contribution in [0.3, 0.4) is 0 Å². The van der Waals surface area contributed by atoms with Crippen molar-refractivity contribution in [1.82, 2.24) is 0 Å². The highest BCUT2D eigenvalue weighted by Gasteiger charge is 2.21. The monoisotopic (exact) mass is 304 g/mol. The summed E-state index contributed by atoms with van der Waals surface area (Å²) in [6.07, 6.45) is 0. The quantitative estimate of drug-likeness (QED) is 0.642. The van der Waals surface area contributed by atoms with Gasteiger partial charge in [-0.15, -0.1) is 0 Å². The molecule has 0 saturated carbocycles. The lowest BCUT2D eigenvalue weighted by atomic mass is 9.78. The molecule has 3 aromatic rings. The first kappa shape index (κ1) is 16.8. The van der Waals surface area contributed by atoms with Crippen LogP contribution in [0.1, 0.15) is 30.5 Å². The summed E-state index contributed by atoms with van der Waals surface area (Å²) in [6, 6.07) is 28.5. The zero-order valence-corrected chi connectivity index (χ0v) is 14.0. The molecule has 0 aliphatic heterocycles. The first-order valence-electron chi connectivity index (χ1n) is 7.87. The highest BCUT2D eigenvalue weighted by atomic mass is 16.3. The second kappa shape index (κ2) is 7.64. The van der Waals surface area contributed by atoms with Gasteiger partial charge in [0.2, 0.25) is 0 Å². The Balaban J connectivity index is 0.000000203. The summed E-state index contributed by atoms with van der Waals surface area (Å²) in [5.74, 6) is 0.368. The van der Waals surface area contributed by atoms with E-state index < -0.39 is 0 Å². The van der Waals surface area contributed by atoms with Crippen molar-refractivity contribution in [2.75, 3.05) is 0 Å². The molecule has 0 atom stereocenters. The molecule has 0 aliphatic rings. The minimum absolute atomic E-state index is 0.0858. The molecule has 0 fully saturated rings. The lowest BCUT2D eigenvalue weighted by Crippen LogP contribution is -2.18. The zero-order chi connectivity index (χ0) is 16.7. The summed E-state index contributed by atoms with van der Waals surface area (Å²) in [5.41, 5.74) is 3.72. The van der Waals surface area contributed by atoms with Crippen molar-refractivity contribution < 1.29 is 5.11 Å². The minimum atomic E-state index is 0.0858. The largest absolute Gasteiger partial charge is 0.508 e.